The SMILES string of the molecule is CN1CCOc2ccc(-c3ccc4nc(C5CC5)[nH]c4c3)cc2C1. The van der Waals surface area contributed by atoms with E-state index < -0.39 is 0 Å². The average molecular weight is 319 g/mol. The van der Waals surface area contributed by atoms with Crippen LogP contribution in [0.25, 0.3) is 22.2 Å². The predicted molar refractivity (Wildman–Crippen MR) is 95.3 cm³/mol. The van der Waals surface area contributed by atoms with Crippen LogP contribution in [0.4, 0.5) is 0 Å². The standard InChI is InChI=1S/C20H21N3O/c1-23-8-9-24-19-7-5-14(10-16(19)12-23)15-4-6-17-18(11-15)22-20(21-17)13-2-3-13/h4-7,10-11,13H,2-3,8-9,12H2,1H3,(H,21,22). The minimum absolute atomic E-state index is 0.654. The van der Waals surface area contributed by atoms with Gasteiger partial charge >= 0.3 is 0 Å². The number of likely N-dealkylation sites (N-methyl/N-ethyl adjacent to an activating group) is 1. The number of aromatic nitrogens is 2. The van der Waals surface area contributed by atoms with Crippen LogP contribution in [0, 0.1) is 0 Å². The van der Waals surface area contributed by atoms with Crippen LogP contribution in [0.5, 0.6) is 5.75 Å². The fourth-order valence-corrected chi connectivity index (χ4v) is 3.46. The maximum absolute atomic E-state index is 5.86. The molecule has 1 aliphatic heterocycles. The first-order valence-corrected chi connectivity index (χ1v) is 8.70. The minimum Gasteiger partial charge on any atom is -0.492 e. The minimum atomic E-state index is 0.654. The van der Waals surface area contributed by atoms with Crippen LogP contribution in [-0.4, -0.2) is 35.1 Å². The van der Waals surface area contributed by atoms with Crippen molar-refractivity contribution in [3.63, 3.8) is 0 Å². The molecular formula is C20H21N3O. The van der Waals surface area contributed by atoms with Crippen LogP contribution in [0.3, 0.4) is 0 Å². The molecule has 2 aliphatic rings. The van der Waals surface area contributed by atoms with Gasteiger partial charge in [0.2, 0.25) is 0 Å². The Hall–Kier alpha value is -2.33. The van der Waals surface area contributed by atoms with Gasteiger partial charge in [-0.3, -0.25) is 4.90 Å². The number of hydrogen-bond donors (Lipinski definition) is 1. The van der Waals surface area contributed by atoms with E-state index in [9.17, 15) is 0 Å². The molecule has 24 heavy (non-hydrogen) atoms. The Bertz CT molecular complexity index is 910. The number of nitrogens with one attached hydrogen (secondary N) is 1. The summed E-state index contributed by atoms with van der Waals surface area (Å²) in [6.07, 6.45) is 2.54. The van der Waals surface area contributed by atoms with Gasteiger partial charge in [-0.2, -0.15) is 0 Å². The molecule has 1 N–H and O–H groups in total. The summed E-state index contributed by atoms with van der Waals surface area (Å²) in [7, 11) is 2.14. The lowest BCUT2D eigenvalue weighted by Crippen LogP contribution is -2.20. The van der Waals surface area contributed by atoms with Gasteiger partial charge in [-0.15, -0.1) is 0 Å². The molecule has 1 saturated carbocycles. The summed E-state index contributed by atoms with van der Waals surface area (Å²) in [5, 5.41) is 0. The summed E-state index contributed by atoms with van der Waals surface area (Å²) < 4.78 is 5.86. The Morgan fingerprint density at radius 2 is 1.96 bits per heavy atom. The Balaban J connectivity index is 1.54. The van der Waals surface area contributed by atoms with E-state index >= 15 is 0 Å². The van der Waals surface area contributed by atoms with Crippen LogP contribution in [0.1, 0.15) is 30.1 Å². The summed E-state index contributed by atoms with van der Waals surface area (Å²) in [5.41, 5.74) is 5.92. The van der Waals surface area contributed by atoms with Gasteiger partial charge < -0.3 is 9.72 Å². The molecular weight excluding hydrogens is 298 g/mol. The molecule has 0 saturated heterocycles. The first-order valence-electron chi connectivity index (χ1n) is 8.70. The van der Waals surface area contributed by atoms with Crippen molar-refractivity contribution in [2.75, 3.05) is 20.2 Å². The molecule has 0 atom stereocenters. The first kappa shape index (κ1) is 14.1. The number of imidazole rings is 1. The van der Waals surface area contributed by atoms with Crippen molar-refractivity contribution in [2.24, 2.45) is 0 Å². The second-order valence-corrected chi connectivity index (χ2v) is 7.04. The monoisotopic (exact) mass is 319 g/mol. The van der Waals surface area contributed by atoms with Gasteiger partial charge in [0, 0.05) is 24.6 Å². The number of ether oxygens (including phenoxy) is 1. The molecule has 1 aromatic heterocycles. The van der Waals surface area contributed by atoms with Crippen LogP contribution in [0.2, 0.25) is 0 Å². The zero-order chi connectivity index (χ0) is 16.1. The highest BCUT2D eigenvalue weighted by Crippen LogP contribution is 2.39. The summed E-state index contributed by atoms with van der Waals surface area (Å²) in [6, 6.07) is 13.0. The van der Waals surface area contributed by atoms with Crippen LogP contribution < -0.4 is 4.74 Å². The third-order valence-electron chi connectivity index (χ3n) is 5.03. The lowest BCUT2D eigenvalue weighted by Gasteiger charge is -2.12. The van der Waals surface area contributed by atoms with Crippen molar-refractivity contribution in [2.45, 2.75) is 25.3 Å². The number of hydrogen-bond acceptors (Lipinski definition) is 3. The Kier molecular flexibility index (Phi) is 3.13. The first-order chi connectivity index (χ1) is 11.8. The largest absolute Gasteiger partial charge is 0.492 e. The van der Waals surface area contributed by atoms with E-state index in [1.807, 2.05) is 0 Å². The molecule has 4 heteroatoms. The summed E-state index contributed by atoms with van der Waals surface area (Å²) >= 11 is 0. The van der Waals surface area contributed by atoms with Gasteiger partial charge in [-0.05, 0) is 55.3 Å². The number of benzene rings is 2. The highest BCUT2D eigenvalue weighted by molar-refractivity contribution is 5.82. The third-order valence-corrected chi connectivity index (χ3v) is 5.03. The summed E-state index contributed by atoms with van der Waals surface area (Å²) in [5.74, 6) is 2.82. The van der Waals surface area contributed by atoms with Crippen LogP contribution in [-0.2, 0) is 6.54 Å². The molecule has 0 amide bonds. The molecule has 0 bridgehead atoms. The zero-order valence-electron chi connectivity index (χ0n) is 13.9. The average Bonchev–Trinajstić information content (AvgIpc) is 3.37. The molecule has 0 unspecified atom stereocenters. The normalized spacial score (nSPS) is 18.2. The van der Waals surface area contributed by atoms with Crippen molar-refractivity contribution in [1.29, 1.82) is 0 Å². The van der Waals surface area contributed by atoms with E-state index in [2.05, 4.69) is 53.3 Å². The molecule has 3 aromatic rings. The molecule has 1 fully saturated rings. The number of nitrogens with zero attached hydrogens (tertiary/aromatic N) is 2. The molecule has 0 spiro atoms. The summed E-state index contributed by atoms with van der Waals surface area (Å²) in [6.45, 7) is 2.66. The Morgan fingerprint density at radius 1 is 1.12 bits per heavy atom. The van der Waals surface area contributed by atoms with Crippen molar-refractivity contribution in [3.05, 3.63) is 47.8 Å². The van der Waals surface area contributed by atoms with E-state index in [1.54, 1.807) is 0 Å². The highest BCUT2D eigenvalue weighted by Gasteiger charge is 2.26. The second kappa shape index (κ2) is 5.35. The van der Waals surface area contributed by atoms with Gasteiger partial charge in [0.25, 0.3) is 0 Å². The number of aromatic amines is 1. The maximum atomic E-state index is 5.86. The second-order valence-electron chi connectivity index (χ2n) is 7.04. The van der Waals surface area contributed by atoms with E-state index in [4.69, 9.17) is 9.72 Å². The Morgan fingerprint density at radius 3 is 2.83 bits per heavy atom. The van der Waals surface area contributed by atoms with Crippen molar-refractivity contribution < 1.29 is 4.74 Å². The topological polar surface area (TPSA) is 41.1 Å². The third kappa shape index (κ3) is 2.47. The molecule has 5 rings (SSSR count). The van der Waals surface area contributed by atoms with Crippen molar-refractivity contribution in [3.8, 4) is 16.9 Å². The molecule has 2 aromatic carbocycles. The molecule has 4 nitrogen and oxygen atoms in total. The van der Waals surface area contributed by atoms with Crippen LogP contribution in [0.15, 0.2) is 36.4 Å². The highest BCUT2D eigenvalue weighted by atomic mass is 16.5. The Labute approximate surface area is 141 Å². The van der Waals surface area contributed by atoms with E-state index in [1.165, 1.54) is 29.5 Å². The van der Waals surface area contributed by atoms with Gasteiger partial charge in [-0.1, -0.05) is 12.1 Å². The molecule has 0 radical (unpaired) electrons. The predicted octanol–water partition coefficient (Wildman–Crippen LogP) is 3.93. The number of H-pyrrole nitrogens is 1. The fraction of sp³-hybridized carbons (Fsp3) is 0.350. The fourth-order valence-electron chi connectivity index (χ4n) is 3.46. The number of rotatable bonds is 2. The van der Waals surface area contributed by atoms with Gasteiger partial charge in [0.1, 0.15) is 18.2 Å². The summed E-state index contributed by atoms with van der Waals surface area (Å²) in [4.78, 5) is 10.5. The smallest absolute Gasteiger partial charge is 0.123 e. The molecule has 122 valence electrons. The van der Waals surface area contributed by atoms with Crippen LogP contribution >= 0.6 is 0 Å². The van der Waals surface area contributed by atoms with Gasteiger partial charge in [0.15, 0.2) is 0 Å². The molecule has 1 aliphatic carbocycles. The number of fused-ring (bicyclic) bond motifs is 2. The van der Waals surface area contributed by atoms with E-state index in [0.717, 1.165) is 42.3 Å². The lowest BCUT2D eigenvalue weighted by molar-refractivity contribution is 0.259. The lowest BCUT2D eigenvalue weighted by atomic mass is 10.0. The quantitative estimate of drug-likeness (QED) is 0.778. The maximum Gasteiger partial charge on any atom is 0.123 e. The van der Waals surface area contributed by atoms with Gasteiger partial charge in [-0.25, -0.2) is 4.98 Å². The van der Waals surface area contributed by atoms with E-state index in [0.29, 0.717) is 5.92 Å². The molecule has 2 heterocycles. The van der Waals surface area contributed by atoms with Gasteiger partial charge in [0.05, 0.1) is 11.0 Å². The van der Waals surface area contributed by atoms with Crippen molar-refractivity contribution >= 4 is 11.0 Å². The van der Waals surface area contributed by atoms with Crippen molar-refractivity contribution in [1.82, 2.24) is 14.9 Å². The zero-order valence-corrected chi connectivity index (χ0v) is 13.9. The van der Waals surface area contributed by atoms with E-state index in [-0.39, 0.29) is 0 Å².